The molecule has 0 radical (unpaired) electrons. The first kappa shape index (κ1) is 20.8. The molecule has 6 nitrogen and oxygen atoms in total. The third kappa shape index (κ3) is 7.70. The van der Waals surface area contributed by atoms with Crippen LogP contribution in [-0.2, 0) is 4.79 Å². The number of carbonyl (C=O) groups excluding carboxylic acids is 2. The average molecular weight is 435 g/mol. The predicted octanol–water partition coefficient (Wildman–Crippen LogP) is 3.16. The molecule has 27 heavy (non-hydrogen) atoms. The summed E-state index contributed by atoms with van der Waals surface area (Å²) in [7, 11) is 0. The predicted molar refractivity (Wildman–Crippen MR) is 107 cm³/mol. The lowest BCUT2D eigenvalue weighted by molar-refractivity contribution is -0.121. The van der Waals surface area contributed by atoms with Crippen molar-refractivity contribution in [1.82, 2.24) is 10.6 Å². The van der Waals surface area contributed by atoms with Crippen LogP contribution in [0, 0.1) is 0 Å². The fourth-order valence-corrected chi connectivity index (χ4v) is 2.50. The monoisotopic (exact) mass is 434 g/mol. The van der Waals surface area contributed by atoms with Crippen LogP contribution in [0.25, 0.3) is 0 Å². The molecule has 0 unspecified atom stereocenters. The highest BCUT2D eigenvalue weighted by Crippen LogP contribution is 2.17. The normalized spacial score (nSPS) is 10.1. The van der Waals surface area contributed by atoms with E-state index in [1.54, 1.807) is 24.3 Å². The minimum atomic E-state index is -0.200. The van der Waals surface area contributed by atoms with Crippen LogP contribution in [0.4, 0.5) is 0 Å². The maximum Gasteiger partial charge on any atom is 0.251 e. The van der Waals surface area contributed by atoms with Gasteiger partial charge in [0.25, 0.3) is 5.91 Å². The molecule has 0 aromatic heterocycles. The fraction of sp³-hybridized carbons (Fsp3) is 0.300. The van der Waals surface area contributed by atoms with E-state index >= 15 is 0 Å². The van der Waals surface area contributed by atoms with E-state index in [2.05, 4.69) is 26.6 Å². The van der Waals surface area contributed by atoms with Crippen LogP contribution in [0.2, 0.25) is 0 Å². The van der Waals surface area contributed by atoms with Gasteiger partial charge in [0.05, 0.1) is 13.2 Å². The van der Waals surface area contributed by atoms with Crippen LogP contribution in [0.3, 0.4) is 0 Å². The van der Waals surface area contributed by atoms with Gasteiger partial charge in [0, 0.05) is 23.0 Å². The Hall–Kier alpha value is -2.54. The van der Waals surface area contributed by atoms with Crippen molar-refractivity contribution >= 4 is 27.7 Å². The number of benzene rings is 2. The third-order valence-electron chi connectivity index (χ3n) is 3.57. The summed E-state index contributed by atoms with van der Waals surface area (Å²) >= 11 is 3.32. The molecule has 0 spiro atoms. The average Bonchev–Trinajstić information content (AvgIpc) is 2.67. The third-order valence-corrected chi connectivity index (χ3v) is 4.10. The molecule has 0 aliphatic heterocycles. The second-order valence-electron chi connectivity index (χ2n) is 5.62. The number of carbonyl (C=O) groups is 2. The molecule has 0 atom stereocenters. The highest BCUT2D eigenvalue weighted by molar-refractivity contribution is 9.10. The van der Waals surface area contributed by atoms with Gasteiger partial charge in [-0.1, -0.05) is 15.9 Å². The van der Waals surface area contributed by atoms with Gasteiger partial charge < -0.3 is 20.1 Å². The zero-order valence-corrected chi connectivity index (χ0v) is 16.8. The summed E-state index contributed by atoms with van der Waals surface area (Å²) in [5.41, 5.74) is 0.558. The van der Waals surface area contributed by atoms with Crippen LogP contribution in [0.1, 0.15) is 23.7 Å². The van der Waals surface area contributed by atoms with Gasteiger partial charge in [-0.3, -0.25) is 9.59 Å². The summed E-state index contributed by atoms with van der Waals surface area (Å²) in [6.07, 6.45) is 0.214. The molecule has 2 aromatic carbocycles. The van der Waals surface area contributed by atoms with Gasteiger partial charge in [0.2, 0.25) is 5.91 Å². The maximum atomic E-state index is 11.9. The molecule has 0 bridgehead atoms. The first-order valence-corrected chi connectivity index (χ1v) is 9.54. The Morgan fingerprint density at radius 3 is 2.15 bits per heavy atom. The first-order valence-electron chi connectivity index (χ1n) is 8.74. The molecule has 0 fully saturated rings. The summed E-state index contributed by atoms with van der Waals surface area (Å²) in [6.45, 7) is 3.59. The molecule has 2 amide bonds. The zero-order chi connectivity index (χ0) is 19.5. The number of rotatable bonds is 10. The second-order valence-corrected chi connectivity index (χ2v) is 6.53. The van der Waals surface area contributed by atoms with Gasteiger partial charge in [-0.2, -0.15) is 0 Å². The summed E-state index contributed by atoms with van der Waals surface area (Å²) in [4.78, 5) is 23.7. The van der Waals surface area contributed by atoms with Crippen LogP contribution in [0.5, 0.6) is 11.5 Å². The van der Waals surface area contributed by atoms with Crippen molar-refractivity contribution in [1.29, 1.82) is 0 Å². The van der Waals surface area contributed by atoms with Gasteiger partial charge in [-0.15, -0.1) is 0 Å². The zero-order valence-electron chi connectivity index (χ0n) is 15.2. The van der Waals surface area contributed by atoms with E-state index in [1.165, 1.54) is 0 Å². The van der Waals surface area contributed by atoms with Crippen LogP contribution in [0.15, 0.2) is 53.0 Å². The Balaban J connectivity index is 1.58. The molecule has 2 N–H and O–H groups in total. The second kappa shape index (κ2) is 11.2. The molecular formula is C20H23BrN2O4. The van der Waals surface area contributed by atoms with Crippen molar-refractivity contribution in [2.75, 3.05) is 26.3 Å². The summed E-state index contributed by atoms with van der Waals surface area (Å²) in [5.74, 6) is 1.17. The summed E-state index contributed by atoms with van der Waals surface area (Å²) in [5, 5.41) is 5.48. The molecule has 144 valence electrons. The van der Waals surface area contributed by atoms with E-state index in [0.717, 1.165) is 16.0 Å². The van der Waals surface area contributed by atoms with Gasteiger partial charge in [0.1, 0.15) is 18.1 Å². The molecule has 0 saturated heterocycles. The topological polar surface area (TPSA) is 76.7 Å². The summed E-state index contributed by atoms with van der Waals surface area (Å²) < 4.78 is 11.8. The summed E-state index contributed by atoms with van der Waals surface area (Å²) in [6, 6.07) is 14.4. The van der Waals surface area contributed by atoms with E-state index in [4.69, 9.17) is 9.47 Å². The molecule has 2 aromatic rings. The molecular weight excluding hydrogens is 412 g/mol. The standard InChI is InChI=1S/C20H23BrN2O4/c1-2-26-17-7-9-18(10-8-17)27-14-13-22-19(24)11-12-23-20(25)15-3-5-16(21)6-4-15/h3-10H,2,11-14H2,1H3,(H,22,24)(H,23,25). The molecule has 0 saturated carbocycles. The van der Waals surface area contributed by atoms with Gasteiger partial charge in [-0.25, -0.2) is 0 Å². The lowest BCUT2D eigenvalue weighted by Gasteiger charge is -2.09. The van der Waals surface area contributed by atoms with Gasteiger partial charge >= 0.3 is 0 Å². The largest absolute Gasteiger partial charge is 0.494 e. The van der Waals surface area contributed by atoms with E-state index in [-0.39, 0.29) is 24.8 Å². The number of hydrogen-bond acceptors (Lipinski definition) is 4. The van der Waals surface area contributed by atoms with Crippen LogP contribution >= 0.6 is 15.9 Å². The Labute approximate surface area is 167 Å². The number of hydrogen-bond donors (Lipinski definition) is 2. The van der Waals surface area contributed by atoms with Gasteiger partial charge in [0.15, 0.2) is 0 Å². The van der Waals surface area contributed by atoms with Crippen LogP contribution in [-0.4, -0.2) is 38.1 Å². The number of halogens is 1. The minimum Gasteiger partial charge on any atom is -0.494 e. The smallest absolute Gasteiger partial charge is 0.251 e. The molecule has 0 aliphatic carbocycles. The van der Waals surface area contributed by atoms with Crippen molar-refractivity contribution in [3.05, 3.63) is 58.6 Å². The molecule has 0 aliphatic rings. The first-order chi connectivity index (χ1) is 13.1. The minimum absolute atomic E-state index is 0.138. The quantitative estimate of drug-likeness (QED) is 0.563. The Bertz CT molecular complexity index is 733. The SMILES string of the molecule is CCOc1ccc(OCCNC(=O)CCNC(=O)c2ccc(Br)cc2)cc1. The van der Waals surface area contributed by atoms with Crippen LogP contribution < -0.4 is 20.1 Å². The number of ether oxygens (including phenoxy) is 2. The van der Waals surface area contributed by atoms with E-state index in [0.29, 0.717) is 25.3 Å². The maximum absolute atomic E-state index is 11.9. The van der Waals surface area contributed by atoms with E-state index < -0.39 is 0 Å². The number of nitrogens with one attached hydrogen (secondary N) is 2. The van der Waals surface area contributed by atoms with E-state index in [9.17, 15) is 9.59 Å². The Morgan fingerprint density at radius 2 is 1.52 bits per heavy atom. The highest BCUT2D eigenvalue weighted by Gasteiger charge is 2.06. The number of amides is 2. The highest BCUT2D eigenvalue weighted by atomic mass is 79.9. The molecule has 0 heterocycles. The molecule has 7 heteroatoms. The fourth-order valence-electron chi connectivity index (χ4n) is 2.24. The Morgan fingerprint density at radius 1 is 0.889 bits per heavy atom. The van der Waals surface area contributed by atoms with Crippen molar-refractivity contribution in [2.45, 2.75) is 13.3 Å². The van der Waals surface area contributed by atoms with Crippen molar-refractivity contribution in [2.24, 2.45) is 0 Å². The van der Waals surface area contributed by atoms with Crippen molar-refractivity contribution < 1.29 is 19.1 Å². The Kier molecular flexibility index (Phi) is 8.64. The lowest BCUT2D eigenvalue weighted by Crippen LogP contribution is -2.32. The van der Waals surface area contributed by atoms with E-state index in [1.807, 2.05) is 31.2 Å². The van der Waals surface area contributed by atoms with Crippen molar-refractivity contribution in [3.63, 3.8) is 0 Å². The molecule has 2 rings (SSSR count). The lowest BCUT2D eigenvalue weighted by atomic mass is 10.2. The van der Waals surface area contributed by atoms with Crippen molar-refractivity contribution in [3.8, 4) is 11.5 Å². The van der Waals surface area contributed by atoms with Gasteiger partial charge in [-0.05, 0) is 55.5 Å².